The summed E-state index contributed by atoms with van der Waals surface area (Å²) in [5, 5.41) is 1.77. The smallest absolute Gasteiger partial charge is 0.213 e. The van der Waals surface area contributed by atoms with E-state index in [1.807, 2.05) is 18.2 Å². The van der Waals surface area contributed by atoms with Crippen molar-refractivity contribution in [2.24, 2.45) is 0 Å². The number of hydrogen-bond donors (Lipinski definition) is 1. The highest BCUT2D eigenvalue weighted by Gasteiger charge is 2.19. The Morgan fingerprint density at radius 1 is 0.939 bits per heavy atom. The van der Waals surface area contributed by atoms with Gasteiger partial charge in [-0.05, 0) is 85.9 Å². The third-order valence-electron chi connectivity index (χ3n) is 5.09. The van der Waals surface area contributed by atoms with E-state index in [0.29, 0.717) is 15.9 Å². The highest BCUT2D eigenvalue weighted by atomic mass is 35.5. The van der Waals surface area contributed by atoms with E-state index in [-0.39, 0.29) is 0 Å². The summed E-state index contributed by atoms with van der Waals surface area (Å²) in [7, 11) is 0. The van der Waals surface area contributed by atoms with Gasteiger partial charge in [0.05, 0.1) is 10.0 Å². The molecule has 0 fully saturated rings. The molecule has 0 aliphatic carbocycles. The zero-order valence-electron chi connectivity index (χ0n) is 18.5. The van der Waals surface area contributed by atoms with E-state index in [4.69, 9.17) is 39.7 Å². The lowest BCUT2D eigenvalue weighted by molar-refractivity contribution is 0.314. The monoisotopic (exact) mass is 517 g/mol. The van der Waals surface area contributed by atoms with Gasteiger partial charge in [-0.15, -0.1) is 0 Å². The summed E-state index contributed by atoms with van der Waals surface area (Å²) < 4.78 is 7.59. The summed E-state index contributed by atoms with van der Waals surface area (Å²) in [6, 6.07) is 10.2. The first-order valence-corrected chi connectivity index (χ1v) is 12.1. The second kappa shape index (κ2) is 9.90. The zero-order valence-corrected chi connectivity index (χ0v) is 21.6. The first-order chi connectivity index (χ1) is 15.7. The minimum Gasteiger partial charge on any atom is -0.439 e. The van der Waals surface area contributed by atoms with Crippen LogP contribution in [0.25, 0.3) is 11.1 Å². The summed E-state index contributed by atoms with van der Waals surface area (Å²) in [5.41, 5.74) is 9.67. The molecule has 0 atom stereocenters. The lowest BCUT2D eigenvalue weighted by atomic mass is 9.91. The maximum absolute atomic E-state index is 6.33. The fraction of sp³-hybridized carbons (Fsp3) is 0.160. The van der Waals surface area contributed by atoms with Crippen LogP contribution in [0, 0.1) is 27.7 Å². The number of pyridine rings is 1. The number of benzene rings is 2. The van der Waals surface area contributed by atoms with E-state index in [1.54, 1.807) is 18.5 Å². The quantitative estimate of drug-likeness (QED) is 0.345. The van der Waals surface area contributed by atoms with Gasteiger partial charge in [-0.25, -0.2) is 9.51 Å². The van der Waals surface area contributed by atoms with Crippen molar-refractivity contribution in [3.05, 3.63) is 93.1 Å². The molecule has 4 rings (SSSR count). The van der Waals surface area contributed by atoms with Crippen molar-refractivity contribution < 1.29 is 4.74 Å². The first-order valence-electron chi connectivity index (χ1n) is 10.2. The summed E-state index contributed by atoms with van der Waals surface area (Å²) in [5.74, 6) is 1.31. The van der Waals surface area contributed by atoms with Crippen molar-refractivity contribution in [3.63, 3.8) is 0 Å². The van der Waals surface area contributed by atoms with Crippen molar-refractivity contribution in [3.8, 4) is 16.9 Å². The van der Waals surface area contributed by atoms with Gasteiger partial charge in [0.25, 0.3) is 0 Å². The van der Waals surface area contributed by atoms with Crippen molar-refractivity contribution >= 4 is 46.7 Å². The second-order valence-electron chi connectivity index (χ2n) is 7.83. The molecule has 0 amide bonds. The Kier molecular flexibility index (Phi) is 7.15. The Labute approximate surface area is 213 Å². The van der Waals surface area contributed by atoms with Crippen molar-refractivity contribution in [2.75, 3.05) is 0 Å². The molecule has 1 N–H and O–H groups in total. The highest BCUT2D eigenvalue weighted by molar-refractivity contribution is 7.99. The molecule has 4 nitrogen and oxygen atoms in total. The molecule has 0 spiro atoms. The van der Waals surface area contributed by atoms with Crippen LogP contribution in [-0.2, 0) is 0 Å². The fourth-order valence-electron chi connectivity index (χ4n) is 3.86. The normalized spacial score (nSPS) is 13.1. The molecule has 1 aromatic heterocycles. The maximum Gasteiger partial charge on any atom is 0.213 e. The Morgan fingerprint density at radius 2 is 1.64 bits per heavy atom. The number of hydrogen-bond acceptors (Lipinski definition) is 5. The first kappa shape index (κ1) is 23.8. The summed E-state index contributed by atoms with van der Waals surface area (Å²) >= 11 is 19.9. The molecule has 0 bridgehead atoms. The number of hydrazine groups is 1. The number of halogens is 3. The maximum atomic E-state index is 6.33. The molecule has 3 aromatic rings. The summed E-state index contributed by atoms with van der Waals surface area (Å²) in [6.07, 6.45) is 6.96. The van der Waals surface area contributed by atoms with Crippen LogP contribution in [0.15, 0.2) is 70.7 Å². The average molecular weight is 519 g/mol. The van der Waals surface area contributed by atoms with Crippen LogP contribution >= 0.6 is 46.7 Å². The number of nitrogens with one attached hydrogen (secondary N) is 1. The zero-order chi connectivity index (χ0) is 23.7. The van der Waals surface area contributed by atoms with Crippen LogP contribution in [0.1, 0.15) is 22.3 Å². The molecule has 0 saturated carbocycles. The second-order valence-corrected chi connectivity index (χ2v) is 10.1. The van der Waals surface area contributed by atoms with Crippen LogP contribution < -0.4 is 10.2 Å². The largest absolute Gasteiger partial charge is 0.439 e. The Bertz CT molecular complexity index is 1270. The van der Waals surface area contributed by atoms with Gasteiger partial charge in [-0.1, -0.05) is 41.0 Å². The van der Waals surface area contributed by atoms with Gasteiger partial charge in [0, 0.05) is 40.7 Å². The van der Waals surface area contributed by atoms with Crippen molar-refractivity contribution in [1.82, 2.24) is 14.9 Å². The van der Waals surface area contributed by atoms with E-state index in [1.165, 1.54) is 16.3 Å². The molecule has 0 radical (unpaired) electrons. The topological polar surface area (TPSA) is 37.4 Å². The van der Waals surface area contributed by atoms with Crippen LogP contribution in [0.2, 0.25) is 10.0 Å². The van der Waals surface area contributed by atoms with Gasteiger partial charge in [-0.3, -0.25) is 5.43 Å². The lowest BCUT2D eigenvalue weighted by Gasteiger charge is -2.23. The van der Waals surface area contributed by atoms with Gasteiger partial charge in [0.1, 0.15) is 10.8 Å². The van der Waals surface area contributed by atoms with Gasteiger partial charge in [0.15, 0.2) is 0 Å². The van der Waals surface area contributed by atoms with Gasteiger partial charge in [0.2, 0.25) is 5.88 Å². The SMILES string of the molecule is Cc1cc(C)c(-c2c(C)cc(Sc3ncc(Cl)cc3Cl)cc2C)c(OC2=CC=CN(Cl)N2)c1. The number of allylic oxidation sites excluding steroid dienone is 2. The van der Waals surface area contributed by atoms with Crippen LogP contribution in [0.3, 0.4) is 0 Å². The van der Waals surface area contributed by atoms with Crippen LogP contribution in [-0.4, -0.2) is 9.51 Å². The summed E-state index contributed by atoms with van der Waals surface area (Å²) in [6.45, 7) is 8.37. The van der Waals surface area contributed by atoms with Crippen molar-refractivity contribution in [2.45, 2.75) is 37.6 Å². The van der Waals surface area contributed by atoms with Gasteiger partial charge < -0.3 is 4.74 Å². The average Bonchev–Trinajstić information content (AvgIpc) is 2.71. The van der Waals surface area contributed by atoms with E-state index in [0.717, 1.165) is 49.1 Å². The number of ether oxygens (including phenoxy) is 1. The standard InChI is InChI=1S/C25H22Cl3N3OS/c1-14-8-15(2)24(21(9-14)32-22-6-5-7-31(28)30-22)23-16(3)10-19(11-17(23)4)33-25-20(27)12-18(26)13-29-25/h5-13,30H,1-4H3. The number of aryl methyl sites for hydroxylation is 4. The van der Waals surface area contributed by atoms with Crippen molar-refractivity contribution in [1.29, 1.82) is 0 Å². The molecule has 2 aromatic carbocycles. The third-order valence-corrected chi connectivity index (χ3v) is 6.88. The Morgan fingerprint density at radius 3 is 2.30 bits per heavy atom. The van der Waals surface area contributed by atoms with Crippen LogP contribution in [0.4, 0.5) is 0 Å². The molecule has 2 heterocycles. The number of rotatable bonds is 5. The highest BCUT2D eigenvalue weighted by Crippen LogP contribution is 2.42. The number of aromatic nitrogens is 1. The molecule has 0 unspecified atom stereocenters. The van der Waals surface area contributed by atoms with Gasteiger partial charge >= 0.3 is 0 Å². The van der Waals surface area contributed by atoms with Gasteiger partial charge in [-0.2, -0.15) is 0 Å². The van der Waals surface area contributed by atoms with E-state index in [9.17, 15) is 0 Å². The van der Waals surface area contributed by atoms with Crippen LogP contribution in [0.5, 0.6) is 5.75 Å². The van der Waals surface area contributed by atoms with E-state index < -0.39 is 0 Å². The molecule has 1 aliphatic rings. The minimum absolute atomic E-state index is 0.518. The molecule has 170 valence electrons. The summed E-state index contributed by atoms with van der Waals surface area (Å²) in [4.78, 5) is 5.42. The lowest BCUT2D eigenvalue weighted by Crippen LogP contribution is -2.29. The Balaban J connectivity index is 1.74. The van der Waals surface area contributed by atoms with E-state index in [2.05, 4.69) is 56.3 Å². The molecule has 1 aliphatic heterocycles. The molecular formula is C25H22Cl3N3OS. The molecule has 0 saturated heterocycles. The predicted molar refractivity (Wildman–Crippen MR) is 138 cm³/mol. The fourth-order valence-corrected chi connectivity index (χ4v) is 5.46. The molecular weight excluding hydrogens is 497 g/mol. The third kappa shape index (κ3) is 5.44. The molecule has 8 heteroatoms. The van der Waals surface area contributed by atoms with E-state index >= 15 is 0 Å². The minimum atomic E-state index is 0.518. The number of nitrogens with zero attached hydrogens (tertiary/aromatic N) is 2. The Hall–Kier alpha value is -2.31. The predicted octanol–water partition coefficient (Wildman–Crippen LogP) is 8.15. The molecule has 33 heavy (non-hydrogen) atoms.